The second kappa shape index (κ2) is 10.6. The van der Waals surface area contributed by atoms with Crippen molar-refractivity contribution in [3.05, 3.63) is 78.4 Å². The van der Waals surface area contributed by atoms with Gasteiger partial charge in [0, 0.05) is 11.1 Å². The average Bonchev–Trinajstić information content (AvgIpc) is 3.35. The molecule has 1 N–H and O–H groups in total. The zero-order valence-electron chi connectivity index (χ0n) is 18.5. The number of carbonyl (C=O) groups is 1. The lowest BCUT2D eigenvalue weighted by molar-refractivity contribution is 0.0697. The van der Waals surface area contributed by atoms with E-state index in [0.29, 0.717) is 17.3 Å². The Morgan fingerprint density at radius 2 is 1.27 bits per heavy atom. The fourth-order valence-corrected chi connectivity index (χ4v) is 3.48. The Morgan fingerprint density at radius 3 is 1.82 bits per heavy atom. The zero-order chi connectivity index (χ0) is 23.0. The van der Waals surface area contributed by atoms with Crippen LogP contribution in [0.1, 0.15) is 43.0 Å². The summed E-state index contributed by atoms with van der Waals surface area (Å²) in [5.41, 5.74) is 3.87. The topological polar surface area (TPSA) is 85.5 Å². The Kier molecular flexibility index (Phi) is 7.15. The van der Waals surface area contributed by atoms with E-state index in [-0.39, 0.29) is 5.56 Å². The van der Waals surface area contributed by atoms with Crippen LogP contribution in [0.2, 0.25) is 0 Å². The molecule has 0 aliphatic rings. The van der Waals surface area contributed by atoms with Crippen LogP contribution in [-0.4, -0.2) is 27.9 Å². The Morgan fingerprint density at radius 1 is 0.758 bits per heavy atom. The standard InChI is InChI=1S/C27H26N2O4/c1-2-3-4-5-18-32-24-16-14-20(15-17-24)19-6-8-21(9-7-19)25-28-29-26(33-25)22-10-12-23(13-11-22)27(30)31/h6-17H,2-5,18H2,1H3,(H,30,31). The van der Waals surface area contributed by atoms with Gasteiger partial charge in [0.15, 0.2) is 0 Å². The number of unbranched alkanes of at least 4 members (excludes halogenated alkanes) is 3. The second-order valence-electron chi connectivity index (χ2n) is 7.81. The van der Waals surface area contributed by atoms with Crippen LogP contribution < -0.4 is 4.74 Å². The normalized spacial score (nSPS) is 10.8. The van der Waals surface area contributed by atoms with Gasteiger partial charge < -0.3 is 14.3 Å². The molecule has 33 heavy (non-hydrogen) atoms. The van der Waals surface area contributed by atoms with Crippen molar-refractivity contribution in [2.24, 2.45) is 0 Å². The summed E-state index contributed by atoms with van der Waals surface area (Å²) in [5, 5.41) is 17.2. The molecule has 3 aromatic carbocycles. The Balaban J connectivity index is 1.40. The van der Waals surface area contributed by atoms with Crippen LogP contribution in [-0.2, 0) is 0 Å². The summed E-state index contributed by atoms with van der Waals surface area (Å²) < 4.78 is 11.6. The van der Waals surface area contributed by atoms with Gasteiger partial charge >= 0.3 is 5.97 Å². The van der Waals surface area contributed by atoms with Crippen LogP contribution in [0.3, 0.4) is 0 Å². The van der Waals surface area contributed by atoms with Gasteiger partial charge in [-0.3, -0.25) is 0 Å². The van der Waals surface area contributed by atoms with Crippen molar-refractivity contribution in [3.8, 4) is 39.8 Å². The number of aromatic carboxylic acids is 1. The van der Waals surface area contributed by atoms with Gasteiger partial charge in [-0.15, -0.1) is 10.2 Å². The van der Waals surface area contributed by atoms with E-state index in [1.165, 1.54) is 31.4 Å². The number of nitrogens with zero attached hydrogens (tertiary/aromatic N) is 2. The summed E-state index contributed by atoms with van der Waals surface area (Å²) in [7, 11) is 0. The number of hydrogen-bond donors (Lipinski definition) is 1. The van der Waals surface area contributed by atoms with E-state index >= 15 is 0 Å². The first-order chi connectivity index (χ1) is 16.1. The zero-order valence-corrected chi connectivity index (χ0v) is 18.5. The van der Waals surface area contributed by atoms with Crippen LogP contribution in [0.25, 0.3) is 34.0 Å². The van der Waals surface area contributed by atoms with Crippen molar-refractivity contribution in [1.29, 1.82) is 0 Å². The molecule has 0 amide bonds. The maximum Gasteiger partial charge on any atom is 0.335 e. The Hall–Kier alpha value is -3.93. The molecule has 4 rings (SSSR count). The minimum atomic E-state index is -0.975. The van der Waals surface area contributed by atoms with E-state index in [9.17, 15) is 4.79 Å². The molecule has 1 aromatic heterocycles. The third-order valence-corrected chi connectivity index (χ3v) is 5.39. The van der Waals surface area contributed by atoms with Crippen LogP contribution >= 0.6 is 0 Å². The van der Waals surface area contributed by atoms with E-state index < -0.39 is 5.97 Å². The van der Waals surface area contributed by atoms with Gasteiger partial charge in [0.1, 0.15) is 5.75 Å². The molecule has 0 radical (unpaired) electrons. The summed E-state index contributed by atoms with van der Waals surface area (Å²) in [5.74, 6) is 0.668. The molecule has 0 atom stereocenters. The number of carboxylic acid groups (broad SMARTS) is 1. The van der Waals surface area contributed by atoms with E-state index in [1.807, 2.05) is 36.4 Å². The highest BCUT2D eigenvalue weighted by molar-refractivity contribution is 5.88. The van der Waals surface area contributed by atoms with Gasteiger partial charge in [-0.1, -0.05) is 50.5 Å². The number of carboxylic acids is 1. The lowest BCUT2D eigenvalue weighted by Gasteiger charge is -2.07. The Labute approximate surface area is 192 Å². The molecule has 168 valence electrons. The summed E-state index contributed by atoms with van der Waals surface area (Å²) in [6, 6.07) is 22.4. The van der Waals surface area contributed by atoms with Gasteiger partial charge in [-0.05, 0) is 66.1 Å². The van der Waals surface area contributed by atoms with Crippen LogP contribution in [0.4, 0.5) is 0 Å². The largest absolute Gasteiger partial charge is 0.494 e. The number of hydrogen-bond acceptors (Lipinski definition) is 5. The van der Waals surface area contributed by atoms with Crippen molar-refractivity contribution in [2.45, 2.75) is 32.6 Å². The molecule has 1 heterocycles. The lowest BCUT2D eigenvalue weighted by Crippen LogP contribution is -1.96. The van der Waals surface area contributed by atoms with Crippen LogP contribution in [0.15, 0.2) is 77.2 Å². The van der Waals surface area contributed by atoms with Gasteiger partial charge in [-0.25, -0.2) is 4.79 Å². The van der Waals surface area contributed by atoms with Crippen molar-refractivity contribution >= 4 is 5.97 Å². The second-order valence-corrected chi connectivity index (χ2v) is 7.81. The molecule has 0 unspecified atom stereocenters. The summed E-state index contributed by atoms with van der Waals surface area (Å²) in [6.07, 6.45) is 4.77. The third-order valence-electron chi connectivity index (χ3n) is 5.39. The predicted molar refractivity (Wildman–Crippen MR) is 127 cm³/mol. The monoisotopic (exact) mass is 442 g/mol. The smallest absolute Gasteiger partial charge is 0.335 e. The highest BCUT2D eigenvalue weighted by atomic mass is 16.5. The molecule has 0 aliphatic carbocycles. The fraction of sp³-hybridized carbons (Fsp3) is 0.222. The first-order valence-corrected chi connectivity index (χ1v) is 11.1. The van der Waals surface area contributed by atoms with Crippen molar-refractivity contribution in [1.82, 2.24) is 10.2 Å². The SMILES string of the molecule is CCCCCCOc1ccc(-c2ccc(-c3nnc(-c4ccc(C(=O)O)cc4)o3)cc2)cc1. The average molecular weight is 443 g/mol. The molecule has 0 fully saturated rings. The molecule has 6 heteroatoms. The summed E-state index contributed by atoms with van der Waals surface area (Å²) >= 11 is 0. The van der Waals surface area contributed by atoms with Gasteiger partial charge in [-0.2, -0.15) is 0 Å². The van der Waals surface area contributed by atoms with E-state index in [0.717, 1.165) is 35.5 Å². The molecule has 4 aromatic rings. The van der Waals surface area contributed by atoms with Crippen molar-refractivity contribution in [2.75, 3.05) is 6.61 Å². The number of aromatic nitrogens is 2. The van der Waals surface area contributed by atoms with Crippen LogP contribution in [0.5, 0.6) is 5.75 Å². The van der Waals surface area contributed by atoms with E-state index in [1.54, 1.807) is 12.1 Å². The fourth-order valence-electron chi connectivity index (χ4n) is 3.48. The maximum atomic E-state index is 11.0. The third kappa shape index (κ3) is 5.66. The molecule has 6 nitrogen and oxygen atoms in total. The first-order valence-electron chi connectivity index (χ1n) is 11.1. The van der Waals surface area contributed by atoms with Crippen molar-refractivity contribution < 1.29 is 19.1 Å². The molecule has 0 spiro atoms. The Bertz CT molecular complexity index is 1180. The van der Waals surface area contributed by atoms with Gasteiger partial charge in [0.25, 0.3) is 0 Å². The number of ether oxygens (including phenoxy) is 1. The summed E-state index contributed by atoms with van der Waals surface area (Å²) in [6.45, 7) is 2.96. The molecule has 0 saturated carbocycles. The van der Waals surface area contributed by atoms with E-state index in [4.69, 9.17) is 14.3 Å². The van der Waals surface area contributed by atoms with E-state index in [2.05, 4.69) is 29.3 Å². The maximum absolute atomic E-state index is 11.0. The molecule has 0 bridgehead atoms. The van der Waals surface area contributed by atoms with Crippen LogP contribution in [0, 0.1) is 0 Å². The van der Waals surface area contributed by atoms with Gasteiger partial charge in [0.2, 0.25) is 11.8 Å². The highest BCUT2D eigenvalue weighted by Gasteiger charge is 2.12. The molecular formula is C27H26N2O4. The quantitative estimate of drug-likeness (QED) is 0.274. The lowest BCUT2D eigenvalue weighted by atomic mass is 10.0. The predicted octanol–water partition coefficient (Wildman–Crippen LogP) is 6.73. The van der Waals surface area contributed by atoms with Crippen molar-refractivity contribution in [3.63, 3.8) is 0 Å². The highest BCUT2D eigenvalue weighted by Crippen LogP contribution is 2.28. The molecule has 0 aliphatic heterocycles. The molecule has 0 saturated heterocycles. The number of benzene rings is 3. The first kappa shape index (κ1) is 22.3. The molecular weight excluding hydrogens is 416 g/mol. The minimum Gasteiger partial charge on any atom is -0.494 e. The minimum absolute atomic E-state index is 0.209. The summed E-state index contributed by atoms with van der Waals surface area (Å²) in [4.78, 5) is 11.0. The van der Waals surface area contributed by atoms with Gasteiger partial charge in [0.05, 0.1) is 12.2 Å². The number of rotatable bonds is 10.